The fourth-order valence-corrected chi connectivity index (χ4v) is 2.21. The summed E-state index contributed by atoms with van der Waals surface area (Å²) >= 11 is 0. The second-order valence-corrected chi connectivity index (χ2v) is 4.54. The standard InChI is InChI=1S/C14H10F2N2O2/c1-7-2-13(20-14(7)19)10-4-12(16)11(15)3-9(10)8-5-17-18-6-8/h3-6,13H,1-2H2,(H,17,18). The minimum atomic E-state index is -0.985. The lowest BCUT2D eigenvalue weighted by Gasteiger charge is -2.14. The molecular formula is C14H10F2N2O2. The molecule has 1 unspecified atom stereocenters. The Bertz CT molecular complexity index is 679. The van der Waals surface area contributed by atoms with Crippen molar-refractivity contribution in [3.05, 3.63) is 53.9 Å². The van der Waals surface area contributed by atoms with Gasteiger partial charge in [0.25, 0.3) is 0 Å². The van der Waals surface area contributed by atoms with Gasteiger partial charge in [0.05, 0.1) is 6.20 Å². The summed E-state index contributed by atoms with van der Waals surface area (Å²) < 4.78 is 32.1. The number of ether oxygens (including phenoxy) is 1. The molecule has 3 rings (SSSR count). The number of H-pyrrole nitrogens is 1. The number of aromatic nitrogens is 2. The van der Waals surface area contributed by atoms with Crippen LogP contribution < -0.4 is 0 Å². The SMILES string of the molecule is C=C1CC(c2cc(F)c(F)cc2-c2cn[nH]c2)OC1=O. The minimum absolute atomic E-state index is 0.259. The first-order chi connectivity index (χ1) is 9.56. The van der Waals surface area contributed by atoms with Gasteiger partial charge in [-0.15, -0.1) is 0 Å². The zero-order valence-corrected chi connectivity index (χ0v) is 10.3. The van der Waals surface area contributed by atoms with Crippen molar-refractivity contribution in [1.82, 2.24) is 10.2 Å². The number of rotatable bonds is 2. The first kappa shape index (κ1) is 12.5. The van der Waals surface area contributed by atoms with Gasteiger partial charge < -0.3 is 4.74 Å². The molecular weight excluding hydrogens is 266 g/mol. The predicted molar refractivity (Wildman–Crippen MR) is 66.5 cm³/mol. The summed E-state index contributed by atoms with van der Waals surface area (Å²) in [6.45, 7) is 3.58. The Labute approximate surface area is 113 Å². The van der Waals surface area contributed by atoms with Crippen LogP contribution in [0.3, 0.4) is 0 Å². The van der Waals surface area contributed by atoms with Gasteiger partial charge in [0, 0.05) is 29.3 Å². The van der Waals surface area contributed by atoms with Crippen molar-refractivity contribution in [3.8, 4) is 11.1 Å². The van der Waals surface area contributed by atoms with Gasteiger partial charge in [-0.1, -0.05) is 6.58 Å². The Hall–Kier alpha value is -2.50. The first-order valence-corrected chi connectivity index (χ1v) is 5.93. The molecule has 0 amide bonds. The summed E-state index contributed by atoms with van der Waals surface area (Å²) in [5.74, 6) is -2.47. The van der Waals surface area contributed by atoms with Crippen LogP contribution in [0, 0.1) is 11.6 Å². The number of esters is 1. The van der Waals surface area contributed by atoms with E-state index >= 15 is 0 Å². The Morgan fingerprint density at radius 3 is 2.70 bits per heavy atom. The van der Waals surface area contributed by atoms with E-state index in [9.17, 15) is 13.6 Å². The molecule has 0 aliphatic carbocycles. The van der Waals surface area contributed by atoms with E-state index in [4.69, 9.17) is 4.74 Å². The normalized spacial score (nSPS) is 18.4. The lowest BCUT2D eigenvalue weighted by Crippen LogP contribution is -2.03. The number of halogens is 2. The zero-order valence-electron chi connectivity index (χ0n) is 10.3. The molecule has 102 valence electrons. The highest BCUT2D eigenvalue weighted by atomic mass is 19.2. The van der Waals surface area contributed by atoms with Gasteiger partial charge in [-0.05, 0) is 17.7 Å². The molecule has 1 atom stereocenters. The summed E-state index contributed by atoms with van der Waals surface area (Å²) in [6.07, 6.45) is 2.65. The van der Waals surface area contributed by atoms with Crippen LogP contribution in [0.25, 0.3) is 11.1 Å². The zero-order chi connectivity index (χ0) is 14.3. The van der Waals surface area contributed by atoms with Gasteiger partial charge in [-0.2, -0.15) is 5.10 Å². The molecule has 0 spiro atoms. The van der Waals surface area contributed by atoms with Gasteiger partial charge in [0.1, 0.15) is 6.10 Å². The largest absolute Gasteiger partial charge is 0.454 e. The number of nitrogens with zero attached hydrogens (tertiary/aromatic N) is 1. The monoisotopic (exact) mass is 276 g/mol. The van der Waals surface area contributed by atoms with Crippen molar-refractivity contribution < 1.29 is 18.3 Å². The maximum Gasteiger partial charge on any atom is 0.334 e. The highest BCUT2D eigenvalue weighted by molar-refractivity contribution is 5.90. The Morgan fingerprint density at radius 2 is 2.10 bits per heavy atom. The van der Waals surface area contributed by atoms with Crippen molar-refractivity contribution in [2.24, 2.45) is 0 Å². The van der Waals surface area contributed by atoms with E-state index in [0.717, 1.165) is 12.1 Å². The molecule has 2 aromatic rings. The van der Waals surface area contributed by atoms with Crippen LogP contribution in [-0.4, -0.2) is 16.2 Å². The molecule has 4 nitrogen and oxygen atoms in total. The van der Waals surface area contributed by atoms with Crippen molar-refractivity contribution in [3.63, 3.8) is 0 Å². The fourth-order valence-electron chi connectivity index (χ4n) is 2.21. The molecule has 1 aliphatic heterocycles. The number of cyclic esters (lactones) is 1. The van der Waals surface area contributed by atoms with Crippen molar-refractivity contribution in [1.29, 1.82) is 0 Å². The van der Waals surface area contributed by atoms with Crippen molar-refractivity contribution >= 4 is 5.97 Å². The van der Waals surface area contributed by atoms with Gasteiger partial charge in [0.2, 0.25) is 0 Å². The summed E-state index contributed by atoms with van der Waals surface area (Å²) in [4.78, 5) is 11.4. The van der Waals surface area contributed by atoms with E-state index in [1.807, 2.05) is 0 Å². The van der Waals surface area contributed by atoms with E-state index < -0.39 is 23.7 Å². The number of carbonyl (C=O) groups is 1. The smallest absolute Gasteiger partial charge is 0.334 e. The van der Waals surface area contributed by atoms with Crippen LogP contribution in [0.1, 0.15) is 18.1 Å². The third-order valence-corrected chi connectivity index (χ3v) is 3.22. The van der Waals surface area contributed by atoms with E-state index in [0.29, 0.717) is 22.3 Å². The summed E-state index contributed by atoms with van der Waals surface area (Å²) in [5.41, 5.74) is 1.74. The van der Waals surface area contributed by atoms with E-state index in [-0.39, 0.29) is 6.42 Å². The Balaban J connectivity index is 2.12. The number of aromatic amines is 1. The van der Waals surface area contributed by atoms with Gasteiger partial charge >= 0.3 is 5.97 Å². The molecule has 1 aliphatic rings. The second-order valence-electron chi connectivity index (χ2n) is 4.54. The van der Waals surface area contributed by atoms with Crippen molar-refractivity contribution in [2.75, 3.05) is 0 Å². The molecule has 20 heavy (non-hydrogen) atoms. The fraction of sp³-hybridized carbons (Fsp3) is 0.143. The Morgan fingerprint density at radius 1 is 1.35 bits per heavy atom. The third-order valence-electron chi connectivity index (χ3n) is 3.22. The van der Waals surface area contributed by atoms with E-state index in [2.05, 4.69) is 16.8 Å². The maximum atomic E-state index is 13.5. The lowest BCUT2D eigenvalue weighted by molar-refractivity contribution is -0.139. The van der Waals surface area contributed by atoms with Crippen LogP contribution >= 0.6 is 0 Å². The summed E-state index contributed by atoms with van der Waals surface area (Å²) in [6, 6.07) is 2.12. The van der Waals surface area contributed by atoms with Gasteiger partial charge in [-0.25, -0.2) is 13.6 Å². The quantitative estimate of drug-likeness (QED) is 0.677. The molecule has 2 heterocycles. The molecule has 1 fully saturated rings. The average molecular weight is 276 g/mol. The topological polar surface area (TPSA) is 55.0 Å². The van der Waals surface area contributed by atoms with Gasteiger partial charge in [-0.3, -0.25) is 5.10 Å². The first-order valence-electron chi connectivity index (χ1n) is 5.93. The average Bonchev–Trinajstić information content (AvgIpc) is 3.03. The minimum Gasteiger partial charge on any atom is -0.454 e. The van der Waals surface area contributed by atoms with Crippen LogP contribution in [0.4, 0.5) is 8.78 Å². The van der Waals surface area contributed by atoms with Gasteiger partial charge in [0.15, 0.2) is 11.6 Å². The van der Waals surface area contributed by atoms with Crippen LogP contribution in [0.5, 0.6) is 0 Å². The molecule has 1 aromatic carbocycles. The molecule has 0 bridgehead atoms. The Kier molecular flexibility index (Phi) is 2.85. The van der Waals surface area contributed by atoms with E-state index in [1.165, 1.54) is 6.20 Å². The van der Waals surface area contributed by atoms with Crippen LogP contribution in [-0.2, 0) is 9.53 Å². The lowest BCUT2D eigenvalue weighted by atomic mass is 9.95. The summed E-state index contributed by atoms with van der Waals surface area (Å²) in [7, 11) is 0. The highest BCUT2D eigenvalue weighted by Gasteiger charge is 2.31. The molecule has 1 aromatic heterocycles. The second kappa shape index (κ2) is 4.56. The van der Waals surface area contributed by atoms with Crippen LogP contribution in [0.15, 0.2) is 36.7 Å². The van der Waals surface area contributed by atoms with Crippen molar-refractivity contribution in [2.45, 2.75) is 12.5 Å². The predicted octanol–water partition coefficient (Wildman–Crippen LogP) is 2.90. The number of nitrogens with one attached hydrogen (secondary N) is 1. The van der Waals surface area contributed by atoms with E-state index in [1.54, 1.807) is 6.20 Å². The molecule has 1 saturated heterocycles. The molecule has 0 radical (unpaired) electrons. The number of hydrogen-bond acceptors (Lipinski definition) is 3. The molecule has 6 heteroatoms. The number of benzene rings is 1. The van der Waals surface area contributed by atoms with Crippen LogP contribution in [0.2, 0.25) is 0 Å². The number of hydrogen-bond donors (Lipinski definition) is 1. The molecule has 1 N–H and O–H groups in total. The third kappa shape index (κ3) is 1.99. The molecule has 0 saturated carbocycles. The highest BCUT2D eigenvalue weighted by Crippen LogP contribution is 2.38. The number of carbonyl (C=O) groups excluding carboxylic acids is 1. The summed E-state index contributed by atoms with van der Waals surface area (Å²) in [5, 5.41) is 6.39. The maximum absolute atomic E-state index is 13.5.